The first-order chi connectivity index (χ1) is 19.8. The Morgan fingerprint density at radius 3 is 2.32 bits per heavy atom. The molecule has 0 saturated carbocycles. The van der Waals surface area contributed by atoms with E-state index in [4.69, 9.17) is 4.74 Å². The van der Waals surface area contributed by atoms with Crippen LogP contribution in [-0.2, 0) is 17.6 Å². The molecule has 1 aromatic heterocycles. The molecule has 1 saturated heterocycles. The van der Waals surface area contributed by atoms with E-state index in [1.54, 1.807) is 6.92 Å². The van der Waals surface area contributed by atoms with Gasteiger partial charge in [-0.25, -0.2) is 4.98 Å². The summed E-state index contributed by atoms with van der Waals surface area (Å²) in [6, 6.07) is 25.3. The van der Waals surface area contributed by atoms with Gasteiger partial charge in [0.05, 0.1) is 17.6 Å². The van der Waals surface area contributed by atoms with E-state index in [0.717, 1.165) is 67.9 Å². The predicted molar refractivity (Wildman–Crippen MR) is 174 cm³/mol. The lowest BCUT2D eigenvalue weighted by Gasteiger charge is -2.23. The third-order valence-corrected chi connectivity index (χ3v) is 6.67. The number of nitrogens with zero attached hydrogens (tertiary/aromatic N) is 2. The minimum atomic E-state index is 0.216. The Hall–Kier alpha value is -3.60. The van der Waals surface area contributed by atoms with E-state index >= 15 is 0 Å². The zero-order valence-electron chi connectivity index (χ0n) is 26.4. The molecule has 1 aliphatic rings. The number of ether oxygens (including phenoxy) is 1. The van der Waals surface area contributed by atoms with Crippen molar-refractivity contribution in [2.24, 2.45) is 0 Å². The number of likely N-dealkylation sites (tertiary alicyclic amines) is 1. The van der Waals surface area contributed by atoms with E-state index in [-0.39, 0.29) is 5.91 Å². The molecule has 0 aliphatic carbocycles. The number of aryl methyl sites for hydroxylation is 3. The number of H-pyrrole nitrogens is 1. The fourth-order valence-corrected chi connectivity index (χ4v) is 4.75. The van der Waals surface area contributed by atoms with Crippen LogP contribution in [0.15, 0.2) is 72.8 Å². The molecule has 5 heteroatoms. The second-order valence-corrected chi connectivity index (χ2v) is 10.6. The maximum absolute atomic E-state index is 11.4. The predicted octanol–water partition coefficient (Wildman–Crippen LogP) is 8.87. The molecule has 0 spiro atoms. The lowest BCUT2D eigenvalue weighted by Crippen LogP contribution is -2.34. The van der Waals surface area contributed by atoms with Crippen LogP contribution in [0, 0.1) is 13.8 Å². The lowest BCUT2D eigenvalue weighted by atomic mass is 10.0. The monoisotopic (exact) mass is 557 g/mol. The molecule has 222 valence electrons. The summed E-state index contributed by atoms with van der Waals surface area (Å²) in [4.78, 5) is 20.9. The van der Waals surface area contributed by atoms with Crippen LogP contribution in [0.1, 0.15) is 82.8 Å². The number of nitrogens with one attached hydrogen (secondary N) is 1. The Morgan fingerprint density at radius 2 is 1.66 bits per heavy atom. The lowest BCUT2D eigenvalue weighted by molar-refractivity contribution is -0.129. The van der Waals surface area contributed by atoms with Crippen LogP contribution in [0.5, 0.6) is 5.75 Å². The molecule has 4 aromatic rings. The largest absolute Gasteiger partial charge is 0.493 e. The first-order valence-electron chi connectivity index (χ1n) is 15.3. The van der Waals surface area contributed by atoms with Gasteiger partial charge in [-0.15, -0.1) is 0 Å². The molecule has 0 bridgehead atoms. The van der Waals surface area contributed by atoms with Crippen molar-refractivity contribution in [3.05, 3.63) is 95.3 Å². The molecule has 0 radical (unpaired) electrons. The first kappa shape index (κ1) is 33.6. The number of benzene rings is 3. The number of hydrogen-bond donors (Lipinski definition) is 1. The Morgan fingerprint density at radius 1 is 0.976 bits per heavy atom. The van der Waals surface area contributed by atoms with Crippen LogP contribution in [0.3, 0.4) is 0 Å². The molecule has 2 heterocycles. The number of carbonyl (C=O) groups excluding carboxylic acids is 1. The van der Waals surface area contributed by atoms with Gasteiger partial charge >= 0.3 is 0 Å². The smallest absolute Gasteiger partial charge is 0.219 e. The second kappa shape index (κ2) is 18.7. The topological polar surface area (TPSA) is 58.2 Å². The molecule has 1 fully saturated rings. The average molecular weight is 558 g/mol. The van der Waals surface area contributed by atoms with E-state index in [0.29, 0.717) is 6.04 Å². The van der Waals surface area contributed by atoms with Gasteiger partial charge in [0.15, 0.2) is 0 Å². The van der Waals surface area contributed by atoms with Gasteiger partial charge in [0.25, 0.3) is 0 Å². The van der Waals surface area contributed by atoms with E-state index in [1.807, 2.05) is 36.1 Å². The third kappa shape index (κ3) is 11.8. The number of hydrogen-bond acceptors (Lipinski definition) is 3. The minimum Gasteiger partial charge on any atom is -0.493 e. The van der Waals surface area contributed by atoms with Crippen molar-refractivity contribution in [2.75, 3.05) is 13.2 Å². The summed E-state index contributed by atoms with van der Waals surface area (Å²) in [5.41, 5.74) is 6.07. The molecule has 1 unspecified atom stereocenters. The number of imidazole rings is 1. The van der Waals surface area contributed by atoms with Crippen LogP contribution in [0.4, 0.5) is 0 Å². The summed E-state index contributed by atoms with van der Waals surface area (Å²) in [6.07, 6.45) is 6.66. The maximum Gasteiger partial charge on any atom is 0.219 e. The Kier molecular flexibility index (Phi) is 15.3. The van der Waals surface area contributed by atoms with Gasteiger partial charge in [-0.3, -0.25) is 4.79 Å². The zero-order chi connectivity index (χ0) is 30.0. The minimum absolute atomic E-state index is 0.216. The molecule has 5 rings (SSSR count). The van der Waals surface area contributed by atoms with Crippen LogP contribution in [0.25, 0.3) is 11.0 Å². The number of carbonyl (C=O) groups is 1. The zero-order valence-corrected chi connectivity index (χ0v) is 26.4. The highest BCUT2D eigenvalue weighted by molar-refractivity contribution is 5.75. The third-order valence-electron chi connectivity index (χ3n) is 6.67. The van der Waals surface area contributed by atoms with Crippen LogP contribution in [-0.4, -0.2) is 40.0 Å². The molecular weight excluding hydrogens is 506 g/mol. The Balaban J connectivity index is 0.000000207. The standard InChI is InChI=1S/C13H17NO.C11H16O.C9H10N2.C3H8/c1-11(15)14-9-5-8-13(14)10-12-6-3-2-4-7-12;1-3-9-12-11-8-6-5-7-10(11)4-2;1-6-3-4-8-9(5-6)11-7(2)10-8;1-3-2/h2-4,6-7,13H,5,8-10H2,1H3;5-8H,3-4,9H2,1-2H3;3-5H,1-2H3,(H,10,11);3H2,1-2H3. The number of amides is 1. The molecular formula is C36H51N3O2. The number of para-hydroxylation sites is 1. The number of rotatable bonds is 6. The van der Waals surface area contributed by atoms with Crippen molar-refractivity contribution in [1.29, 1.82) is 0 Å². The molecule has 5 nitrogen and oxygen atoms in total. The molecule has 1 atom stereocenters. The molecule has 41 heavy (non-hydrogen) atoms. The average Bonchev–Trinajstić information content (AvgIpc) is 3.59. The maximum atomic E-state index is 11.4. The SMILES string of the molecule is CC(=O)N1CCCC1Cc1ccccc1.CCC.CCCOc1ccccc1CC.Cc1ccc2nc(C)[nH]c2c1. The molecule has 1 amide bonds. The number of aromatic amines is 1. The van der Waals surface area contributed by atoms with Crippen molar-refractivity contribution in [2.45, 2.75) is 93.0 Å². The van der Waals surface area contributed by atoms with E-state index in [1.165, 1.54) is 23.1 Å². The highest BCUT2D eigenvalue weighted by atomic mass is 16.5. The number of aromatic nitrogens is 2. The van der Waals surface area contributed by atoms with E-state index in [9.17, 15) is 4.79 Å². The summed E-state index contributed by atoms with van der Waals surface area (Å²) in [7, 11) is 0. The number of fused-ring (bicyclic) bond motifs is 1. The van der Waals surface area contributed by atoms with Crippen LogP contribution < -0.4 is 4.74 Å². The van der Waals surface area contributed by atoms with Gasteiger partial charge < -0.3 is 14.6 Å². The summed E-state index contributed by atoms with van der Waals surface area (Å²) < 4.78 is 5.58. The van der Waals surface area contributed by atoms with E-state index < -0.39 is 0 Å². The van der Waals surface area contributed by atoms with E-state index in [2.05, 4.69) is 93.1 Å². The van der Waals surface area contributed by atoms with Crippen molar-refractivity contribution in [3.8, 4) is 5.75 Å². The van der Waals surface area contributed by atoms with Crippen molar-refractivity contribution in [1.82, 2.24) is 14.9 Å². The Labute approximate surface area is 248 Å². The summed E-state index contributed by atoms with van der Waals surface area (Å²) >= 11 is 0. The fourth-order valence-electron chi connectivity index (χ4n) is 4.75. The fraction of sp³-hybridized carbons (Fsp3) is 0.444. The van der Waals surface area contributed by atoms with Gasteiger partial charge in [-0.05, 0) is 80.8 Å². The van der Waals surface area contributed by atoms with Gasteiger partial charge in [0, 0.05) is 19.5 Å². The normalized spacial score (nSPS) is 13.7. The molecule has 1 aliphatic heterocycles. The van der Waals surface area contributed by atoms with Gasteiger partial charge in [0.1, 0.15) is 11.6 Å². The van der Waals surface area contributed by atoms with Crippen LogP contribution >= 0.6 is 0 Å². The summed E-state index contributed by atoms with van der Waals surface area (Å²) in [5, 5.41) is 0. The summed E-state index contributed by atoms with van der Waals surface area (Å²) in [6.45, 7) is 16.0. The highest BCUT2D eigenvalue weighted by Crippen LogP contribution is 2.21. The van der Waals surface area contributed by atoms with Crippen molar-refractivity contribution < 1.29 is 9.53 Å². The van der Waals surface area contributed by atoms with Gasteiger partial charge in [-0.1, -0.05) is 88.7 Å². The first-order valence-corrected chi connectivity index (χ1v) is 15.3. The highest BCUT2D eigenvalue weighted by Gasteiger charge is 2.26. The quantitative estimate of drug-likeness (QED) is 0.258. The van der Waals surface area contributed by atoms with Gasteiger partial charge in [-0.2, -0.15) is 0 Å². The molecule has 3 aromatic carbocycles. The van der Waals surface area contributed by atoms with Gasteiger partial charge in [0.2, 0.25) is 5.91 Å². The molecule has 1 N–H and O–H groups in total. The van der Waals surface area contributed by atoms with Crippen LogP contribution in [0.2, 0.25) is 0 Å². The second-order valence-electron chi connectivity index (χ2n) is 10.6. The Bertz CT molecular complexity index is 1280. The van der Waals surface area contributed by atoms with Crippen molar-refractivity contribution in [3.63, 3.8) is 0 Å². The van der Waals surface area contributed by atoms with Crippen molar-refractivity contribution >= 4 is 16.9 Å². The summed E-state index contributed by atoms with van der Waals surface area (Å²) in [5.74, 6) is 2.24.